The van der Waals surface area contributed by atoms with Gasteiger partial charge < -0.3 is 48.0 Å². The highest BCUT2D eigenvalue weighted by Crippen LogP contribution is 2.53. The average molecular weight is 961 g/mol. The largest absolute Gasteiger partial charge is 0.507 e. The third-order valence-electron chi connectivity index (χ3n) is 11.6. The molecule has 0 radical (unpaired) electrons. The molecule has 4 N–H and O–H groups in total. The predicted molar refractivity (Wildman–Crippen MR) is 270 cm³/mol. The van der Waals surface area contributed by atoms with Crippen molar-refractivity contribution < 1.29 is 46.9 Å². The fraction of sp³-hybridized carbons (Fsp3) is 0.509. The molecule has 0 unspecified atom stereocenters. The number of phenolic OH excluding ortho intramolecular Hbond substituents is 2. The fourth-order valence-corrected chi connectivity index (χ4v) is 9.77. The number of carbonyl (C=O) groups excluding carboxylic acids is 2. The van der Waals surface area contributed by atoms with Crippen LogP contribution in [-0.4, -0.2) is 55.6 Å². The number of rotatable bonds is 11. The molecular formula is C53H74N2O10P2. The molecule has 6 rings (SSSR count). The topological polar surface area (TPSA) is 154 Å². The number of carbonyl (C=O) groups is 2. The molecule has 14 heteroatoms. The molecule has 366 valence electrons. The zero-order chi connectivity index (χ0) is 49.5. The third-order valence-corrected chi connectivity index (χ3v) is 13.6. The number of anilines is 2. The van der Waals surface area contributed by atoms with Crippen molar-refractivity contribution in [2.24, 2.45) is 5.41 Å². The molecule has 1 spiro atoms. The molecule has 0 saturated carbocycles. The summed E-state index contributed by atoms with van der Waals surface area (Å²) < 4.78 is 33.8. The number of hydrogen-bond acceptors (Lipinski definition) is 10. The van der Waals surface area contributed by atoms with Crippen LogP contribution in [0, 0.1) is 12.3 Å². The van der Waals surface area contributed by atoms with Gasteiger partial charge in [-0.3, -0.25) is 9.59 Å². The number of phenols is 2. The van der Waals surface area contributed by atoms with Crippen molar-refractivity contribution in [1.29, 1.82) is 0 Å². The van der Waals surface area contributed by atoms with E-state index in [2.05, 4.69) is 93.7 Å². The van der Waals surface area contributed by atoms with Gasteiger partial charge in [0, 0.05) is 31.3 Å². The Morgan fingerprint density at radius 2 is 0.896 bits per heavy atom. The molecule has 0 aliphatic carbocycles. The molecule has 4 aromatic carbocycles. The summed E-state index contributed by atoms with van der Waals surface area (Å²) in [6, 6.07) is 23.1. The summed E-state index contributed by atoms with van der Waals surface area (Å²) in [6.07, 6.45) is 1.95. The smallest absolute Gasteiger partial charge is 0.397 e. The van der Waals surface area contributed by atoms with Crippen LogP contribution >= 0.6 is 17.2 Å². The number of nitrogens with one attached hydrogen (secondary N) is 2. The molecule has 4 aromatic rings. The standard InChI is InChI=1S/C29H41NO8P2.C24H33NO2/c1-27(2,3)23-14-20(15-24(26(23)32)28(4,5)6)8-13-25(31)30-21-9-11-22(12-10-21)38-40-36-18-29(19-37-40)16-34-39(33-7)35-17-29;1-16-8-11-18(12-9-16)25-21(26)13-10-17-14-19(23(2,3)4)22(27)20(15-17)24(5,6)7/h9-12,14-15,32H,8,13,16-19H2,1-7H3,(H,30,31);8-9,11-12,14-15,27H,10,13H2,1-7H3,(H,25,26). The summed E-state index contributed by atoms with van der Waals surface area (Å²) in [5, 5.41) is 27.6. The second-order valence-electron chi connectivity index (χ2n) is 21.9. The van der Waals surface area contributed by atoms with Crippen molar-refractivity contribution >= 4 is 40.4 Å². The summed E-state index contributed by atoms with van der Waals surface area (Å²) in [6.45, 7) is 28.9. The lowest BCUT2D eigenvalue weighted by Gasteiger charge is -2.41. The second-order valence-corrected chi connectivity index (χ2v) is 24.4. The van der Waals surface area contributed by atoms with E-state index in [1.165, 1.54) is 5.56 Å². The molecule has 2 heterocycles. The van der Waals surface area contributed by atoms with E-state index in [4.69, 9.17) is 27.1 Å². The van der Waals surface area contributed by atoms with Crippen LogP contribution in [0.2, 0.25) is 0 Å². The molecule has 2 amide bonds. The third kappa shape index (κ3) is 15.4. The van der Waals surface area contributed by atoms with E-state index in [0.29, 0.717) is 75.0 Å². The molecule has 0 aromatic heterocycles. The Morgan fingerprint density at radius 1 is 0.567 bits per heavy atom. The van der Waals surface area contributed by atoms with Gasteiger partial charge in [-0.25, -0.2) is 0 Å². The number of amides is 2. The summed E-state index contributed by atoms with van der Waals surface area (Å²) in [5.74, 6) is 1.23. The minimum Gasteiger partial charge on any atom is -0.507 e. The molecular weight excluding hydrogens is 887 g/mol. The monoisotopic (exact) mass is 960 g/mol. The lowest BCUT2D eigenvalue weighted by molar-refractivity contribution is -0.117. The minimum atomic E-state index is -1.54. The van der Waals surface area contributed by atoms with Crippen LogP contribution in [0.25, 0.3) is 0 Å². The number of aryl methyl sites for hydroxylation is 3. The van der Waals surface area contributed by atoms with Gasteiger partial charge in [0.05, 0.1) is 31.8 Å². The van der Waals surface area contributed by atoms with E-state index in [0.717, 1.165) is 39.1 Å². The highest BCUT2D eigenvalue weighted by molar-refractivity contribution is 7.42. The van der Waals surface area contributed by atoms with E-state index in [1.54, 1.807) is 31.4 Å². The van der Waals surface area contributed by atoms with Crippen LogP contribution in [0.15, 0.2) is 72.8 Å². The van der Waals surface area contributed by atoms with E-state index in [1.807, 2.05) is 55.5 Å². The van der Waals surface area contributed by atoms with Gasteiger partial charge in [0.1, 0.15) is 17.2 Å². The van der Waals surface area contributed by atoms with Crippen LogP contribution in [0.5, 0.6) is 17.2 Å². The summed E-state index contributed by atoms with van der Waals surface area (Å²) in [7, 11) is -1.26. The van der Waals surface area contributed by atoms with Crippen molar-refractivity contribution in [2.75, 3.05) is 44.2 Å². The highest BCUT2D eigenvalue weighted by atomic mass is 31.2. The first-order chi connectivity index (χ1) is 31.2. The first kappa shape index (κ1) is 53.8. The second kappa shape index (κ2) is 22.1. The lowest BCUT2D eigenvalue weighted by Crippen LogP contribution is -2.44. The summed E-state index contributed by atoms with van der Waals surface area (Å²) >= 11 is 0. The zero-order valence-electron chi connectivity index (χ0n) is 42.1. The van der Waals surface area contributed by atoms with Crippen molar-refractivity contribution in [3.05, 3.63) is 112 Å². The Kier molecular flexibility index (Phi) is 17.8. The van der Waals surface area contributed by atoms with Gasteiger partial charge in [0.15, 0.2) is 0 Å². The van der Waals surface area contributed by atoms with Crippen molar-refractivity contribution in [1.82, 2.24) is 0 Å². The van der Waals surface area contributed by atoms with E-state index >= 15 is 0 Å². The highest BCUT2D eigenvalue weighted by Gasteiger charge is 2.44. The maximum Gasteiger partial charge on any atom is 0.397 e. The van der Waals surface area contributed by atoms with Gasteiger partial charge in [0.25, 0.3) is 0 Å². The molecule has 12 nitrogen and oxygen atoms in total. The summed E-state index contributed by atoms with van der Waals surface area (Å²) in [5.41, 5.74) is 7.35. The number of aromatic hydroxyl groups is 2. The van der Waals surface area contributed by atoms with Crippen molar-refractivity contribution in [2.45, 2.75) is 137 Å². The SMILES string of the molecule is COP1OCC2(CO1)COP(Oc1ccc(NC(=O)CCc3cc(C(C)(C)C)c(O)c(C(C)(C)C)c3)cc1)OC2.Cc1ccc(NC(=O)CCc2cc(C(C)(C)C)c(O)c(C(C)(C)C)c2)cc1. The van der Waals surface area contributed by atoms with Gasteiger partial charge in [0.2, 0.25) is 11.8 Å². The van der Waals surface area contributed by atoms with E-state index < -0.39 is 17.2 Å². The Morgan fingerprint density at radius 3 is 1.22 bits per heavy atom. The Bertz CT molecular complexity index is 2220. The zero-order valence-corrected chi connectivity index (χ0v) is 43.9. The van der Waals surface area contributed by atoms with Gasteiger partial charge in [-0.2, -0.15) is 0 Å². The number of hydrogen-bond donors (Lipinski definition) is 4. The maximum atomic E-state index is 12.7. The van der Waals surface area contributed by atoms with Gasteiger partial charge in [-0.1, -0.05) is 125 Å². The van der Waals surface area contributed by atoms with Crippen molar-refractivity contribution in [3.63, 3.8) is 0 Å². The first-order valence-corrected chi connectivity index (χ1v) is 25.2. The molecule has 2 aliphatic rings. The molecule has 2 fully saturated rings. The van der Waals surface area contributed by atoms with Crippen LogP contribution in [-0.2, 0) is 66.7 Å². The maximum absolute atomic E-state index is 12.7. The first-order valence-electron chi connectivity index (χ1n) is 23.0. The van der Waals surface area contributed by atoms with Gasteiger partial charge in [-0.05, 0) is 111 Å². The van der Waals surface area contributed by atoms with Gasteiger partial charge in [-0.15, -0.1) is 0 Å². The van der Waals surface area contributed by atoms with Crippen LogP contribution in [0.3, 0.4) is 0 Å². The molecule has 0 bridgehead atoms. The predicted octanol–water partition coefficient (Wildman–Crippen LogP) is 13.0. The van der Waals surface area contributed by atoms with E-state index in [-0.39, 0.29) is 38.9 Å². The molecule has 67 heavy (non-hydrogen) atoms. The molecule has 2 saturated heterocycles. The van der Waals surface area contributed by atoms with Crippen LogP contribution in [0.1, 0.15) is 135 Å². The fourth-order valence-electron chi connectivity index (χ4n) is 7.49. The van der Waals surface area contributed by atoms with E-state index in [9.17, 15) is 19.8 Å². The summed E-state index contributed by atoms with van der Waals surface area (Å²) in [4.78, 5) is 25.1. The Balaban J connectivity index is 0.000000271. The van der Waals surface area contributed by atoms with Gasteiger partial charge >= 0.3 is 17.2 Å². The Hall–Kier alpha value is -4.12. The lowest BCUT2D eigenvalue weighted by atomic mass is 9.78. The van der Waals surface area contributed by atoms with Crippen molar-refractivity contribution in [3.8, 4) is 17.2 Å². The molecule has 0 atom stereocenters. The average Bonchev–Trinajstić information content (AvgIpc) is 3.24. The normalized spacial score (nSPS) is 19.0. The minimum absolute atomic E-state index is 0.00143. The van der Waals surface area contributed by atoms with Crippen LogP contribution in [0.4, 0.5) is 11.4 Å². The van der Waals surface area contributed by atoms with Crippen LogP contribution < -0.4 is 15.2 Å². The Labute approximate surface area is 401 Å². The quantitative estimate of drug-likeness (QED) is 0.107. The molecule has 2 aliphatic heterocycles. The number of benzene rings is 4.